The van der Waals surface area contributed by atoms with E-state index in [0.29, 0.717) is 23.9 Å². The van der Waals surface area contributed by atoms with Crippen molar-refractivity contribution in [2.45, 2.75) is 65.0 Å². The molecule has 0 saturated heterocycles. The maximum absolute atomic E-state index is 11.7. The molecule has 17 heavy (non-hydrogen) atoms. The number of ether oxygens (including phenoxy) is 1. The van der Waals surface area contributed by atoms with E-state index in [1.165, 1.54) is 19.3 Å². The minimum absolute atomic E-state index is 0.0770. The molecule has 2 saturated carbocycles. The molecule has 0 heterocycles. The van der Waals surface area contributed by atoms with Gasteiger partial charge in [-0.05, 0) is 43.4 Å². The summed E-state index contributed by atoms with van der Waals surface area (Å²) in [7, 11) is 0. The first-order chi connectivity index (χ1) is 7.94. The minimum atomic E-state index is -0.0770. The topological polar surface area (TPSA) is 38.3 Å². The molecule has 98 valence electrons. The third-order valence-electron chi connectivity index (χ3n) is 3.76. The first-order valence-electron chi connectivity index (χ1n) is 6.87. The van der Waals surface area contributed by atoms with E-state index < -0.39 is 0 Å². The molecular formula is C14H25NO2. The van der Waals surface area contributed by atoms with E-state index in [0.717, 1.165) is 12.8 Å². The summed E-state index contributed by atoms with van der Waals surface area (Å²) in [6, 6.07) is 0.573. The van der Waals surface area contributed by atoms with Gasteiger partial charge in [-0.3, -0.25) is 4.79 Å². The standard InChI is InChI=1S/C14H25NO2/c1-10-6-12(8-14(2,3)7-10)17-13(16)9-15-11-4-5-11/h10-12,15H,4-9H2,1-3H3. The highest BCUT2D eigenvalue weighted by Crippen LogP contribution is 2.39. The summed E-state index contributed by atoms with van der Waals surface area (Å²) in [5.41, 5.74) is 0.312. The van der Waals surface area contributed by atoms with Gasteiger partial charge in [0.05, 0.1) is 6.54 Å². The summed E-state index contributed by atoms with van der Waals surface area (Å²) in [6.07, 6.45) is 5.82. The maximum Gasteiger partial charge on any atom is 0.320 e. The Morgan fingerprint density at radius 3 is 2.65 bits per heavy atom. The van der Waals surface area contributed by atoms with E-state index in [2.05, 4.69) is 26.1 Å². The van der Waals surface area contributed by atoms with Gasteiger partial charge in [-0.15, -0.1) is 0 Å². The lowest BCUT2D eigenvalue weighted by Crippen LogP contribution is -2.36. The normalized spacial score (nSPS) is 32.2. The molecule has 0 radical (unpaired) electrons. The Morgan fingerprint density at radius 2 is 2.06 bits per heavy atom. The molecule has 0 spiro atoms. The average Bonchev–Trinajstić information content (AvgIpc) is 2.94. The number of hydrogen-bond acceptors (Lipinski definition) is 3. The summed E-state index contributed by atoms with van der Waals surface area (Å²) in [4.78, 5) is 11.7. The van der Waals surface area contributed by atoms with Crippen molar-refractivity contribution in [1.82, 2.24) is 5.32 Å². The molecule has 0 aromatic heterocycles. The molecule has 3 nitrogen and oxygen atoms in total. The van der Waals surface area contributed by atoms with E-state index in [-0.39, 0.29) is 12.1 Å². The van der Waals surface area contributed by atoms with Crippen molar-refractivity contribution in [2.75, 3.05) is 6.54 Å². The van der Waals surface area contributed by atoms with Crippen molar-refractivity contribution in [3.8, 4) is 0 Å². The fourth-order valence-corrected chi connectivity index (χ4v) is 3.09. The van der Waals surface area contributed by atoms with Crippen molar-refractivity contribution in [1.29, 1.82) is 0 Å². The summed E-state index contributed by atoms with van der Waals surface area (Å²) < 4.78 is 5.57. The molecule has 0 bridgehead atoms. The summed E-state index contributed by atoms with van der Waals surface area (Å²) in [5.74, 6) is 0.583. The number of hydrogen-bond donors (Lipinski definition) is 1. The number of rotatable bonds is 4. The summed E-state index contributed by atoms with van der Waals surface area (Å²) in [5, 5.41) is 3.20. The molecule has 2 aliphatic rings. The van der Waals surface area contributed by atoms with Crippen LogP contribution in [0.1, 0.15) is 52.9 Å². The molecule has 2 aliphatic carbocycles. The van der Waals surface area contributed by atoms with Gasteiger partial charge in [0.1, 0.15) is 6.10 Å². The van der Waals surface area contributed by atoms with Crippen LogP contribution >= 0.6 is 0 Å². The molecule has 2 fully saturated rings. The van der Waals surface area contributed by atoms with Gasteiger partial charge in [-0.2, -0.15) is 0 Å². The quantitative estimate of drug-likeness (QED) is 0.766. The highest BCUT2D eigenvalue weighted by Gasteiger charge is 2.34. The number of nitrogens with one attached hydrogen (secondary N) is 1. The molecule has 1 N–H and O–H groups in total. The zero-order valence-corrected chi connectivity index (χ0v) is 11.3. The van der Waals surface area contributed by atoms with Crippen molar-refractivity contribution in [3.05, 3.63) is 0 Å². The van der Waals surface area contributed by atoms with Crippen LogP contribution < -0.4 is 5.32 Å². The SMILES string of the molecule is CC1CC(OC(=O)CNC2CC2)CC(C)(C)C1. The largest absolute Gasteiger partial charge is 0.461 e. The van der Waals surface area contributed by atoms with Gasteiger partial charge >= 0.3 is 5.97 Å². The lowest BCUT2D eigenvalue weighted by Gasteiger charge is -2.38. The highest BCUT2D eigenvalue weighted by molar-refractivity contribution is 5.71. The molecule has 2 unspecified atom stereocenters. The van der Waals surface area contributed by atoms with Crippen molar-refractivity contribution >= 4 is 5.97 Å². The van der Waals surface area contributed by atoms with Crippen LogP contribution in [0.3, 0.4) is 0 Å². The number of esters is 1. The van der Waals surface area contributed by atoms with Gasteiger partial charge in [0.15, 0.2) is 0 Å². The van der Waals surface area contributed by atoms with E-state index in [4.69, 9.17) is 4.74 Å². The first kappa shape index (κ1) is 12.9. The van der Waals surface area contributed by atoms with Gasteiger partial charge < -0.3 is 10.1 Å². The summed E-state index contributed by atoms with van der Waals surface area (Å²) >= 11 is 0. The molecule has 3 heteroatoms. The first-order valence-corrected chi connectivity index (χ1v) is 6.87. The van der Waals surface area contributed by atoms with Crippen LogP contribution in [-0.2, 0) is 9.53 Å². The van der Waals surface area contributed by atoms with Crippen molar-refractivity contribution < 1.29 is 9.53 Å². The summed E-state index contributed by atoms with van der Waals surface area (Å²) in [6.45, 7) is 7.18. The second-order valence-electron chi connectivity index (χ2n) is 6.68. The van der Waals surface area contributed by atoms with Crippen LogP contribution in [0.4, 0.5) is 0 Å². The predicted molar refractivity (Wildman–Crippen MR) is 67.7 cm³/mol. The van der Waals surface area contributed by atoms with Crippen LogP contribution in [0.15, 0.2) is 0 Å². The number of carbonyl (C=O) groups excluding carboxylic acids is 1. The van der Waals surface area contributed by atoms with Gasteiger partial charge in [0.25, 0.3) is 0 Å². The lowest BCUT2D eigenvalue weighted by atomic mass is 9.71. The third-order valence-corrected chi connectivity index (χ3v) is 3.76. The smallest absolute Gasteiger partial charge is 0.320 e. The molecular weight excluding hydrogens is 214 g/mol. The Kier molecular flexibility index (Phi) is 3.76. The van der Waals surface area contributed by atoms with Crippen LogP contribution in [-0.4, -0.2) is 24.7 Å². The van der Waals surface area contributed by atoms with E-state index >= 15 is 0 Å². The Bertz CT molecular complexity index is 284. The second kappa shape index (κ2) is 4.97. The molecule has 2 atom stereocenters. The molecule has 0 aliphatic heterocycles. The second-order valence-corrected chi connectivity index (χ2v) is 6.68. The van der Waals surface area contributed by atoms with Crippen molar-refractivity contribution in [2.24, 2.45) is 11.3 Å². The fraction of sp³-hybridized carbons (Fsp3) is 0.929. The third kappa shape index (κ3) is 4.30. The zero-order chi connectivity index (χ0) is 12.5. The van der Waals surface area contributed by atoms with E-state index in [1.807, 2.05) is 0 Å². The van der Waals surface area contributed by atoms with E-state index in [9.17, 15) is 4.79 Å². The molecule has 0 amide bonds. The van der Waals surface area contributed by atoms with Gasteiger partial charge in [0, 0.05) is 6.04 Å². The Balaban J connectivity index is 1.74. The monoisotopic (exact) mass is 239 g/mol. The Labute approximate surface area is 104 Å². The molecule has 0 aromatic rings. The minimum Gasteiger partial charge on any atom is -0.461 e. The van der Waals surface area contributed by atoms with Crippen molar-refractivity contribution in [3.63, 3.8) is 0 Å². The fourth-order valence-electron chi connectivity index (χ4n) is 3.09. The lowest BCUT2D eigenvalue weighted by molar-refractivity contribution is -0.152. The zero-order valence-electron chi connectivity index (χ0n) is 11.3. The van der Waals surface area contributed by atoms with E-state index in [1.54, 1.807) is 0 Å². The van der Waals surface area contributed by atoms with Gasteiger partial charge in [-0.1, -0.05) is 20.8 Å². The molecule has 0 aromatic carbocycles. The van der Waals surface area contributed by atoms with Crippen LogP contribution in [0.25, 0.3) is 0 Å². The van der Waals surface area contributed by atoms with Crippen LogP contribution in [0, 0.1) is 11.3 Å². The highest BCUT2D eigenvalue weighted by atomic mass is 16.5. The van der Waals surface area contributed by atoms with Crippen LogP contribution in [0.2, 0.25) is 0 Å². The number of carbonyl (C=O) groups is 1. The maximum atomic E-state index is 11.7. The Hall–Kier alpha value is -0.570. The van der Waals surface area contributed by atoms with Gasteiger partial charge in [-0.25, -0.2) is 0 Å². The predicted octanol–water partition coefficient (Wildman–Crippen LogP) is 2.50. The molecule has 2 rings (SSSR count). The average molecular weight is 239 g/mol. The van der Waals surface area contributed by atoms with Gasteiger partial charge in [0.2, 0.25) is 0 Å². The Morgan fingerprint density at radius 1 is 1.35 bits per heavy atom. The van der Waals surface area contributed by atoms with Crippen LogP contribution in [0.5, 0.6) is 0 Å².